The lowest BCUT2D eigenvalue weighted by Crippen LogP contribution is -2.49. The Morgan fingerprint density at radius 1 is 1.07 bits per heavy atom. The fourth-order valence-electron chi connectivity index (χ4n) is 3.20. The Morgan fingerprint density at radius 3 is 2.37 bits per heavy atom. The zero-order valence-corrected chi connectivity index (χ0v) is 18.8. The van der Waals surface area contributed by atoms with E-state index in [2.05, 4.69) is 5.32 Å². The lowest BCUT2D eigenvalue weighted by Gasteiger charge is -2.31. The summed E-state index contributed by atoms with van der Waals surface area (Å²) in [4.78, 5) is 27.5. The first-order valence-electron chi connectivity index (χ1n) is 10.4. The molecule has 1 atom stereocenters. The Balaban J connectivity index is 2.14. The second kappa shape index (κ2) is 12.4. The van der Waals surface area contributed by atoms with Crippen LogP contribution in [0.15, 0.2) is 48.5 Å². The van der Waals surface area contributed by atoms with E-state index in [4.69, 9.17) is 0 Å². The largest absolute Gasteiger partial charge is 0.354 e. The standard InChI is InChI=1S/C24H31FN2O2S/c1-4-14-26-24(29)22(5-2)27(15-19-11-7-6-10-18(19)3)23(28)17-30-16-20-12-8-9-13-21(20)25/h6-13,22H,4-5,14-17H2,1-3H3,(H,26,29)/t22-/m0/s1. The number of nitrogens with one attached hydrogen (secondary N) is 1. The predicted octanol–water partition coefficient (Wildman–Crippen LogP) is 4.70. The lowest BCUT2D eigenvalue weighted by atomic mass is 10.1. The van der Waals surface area contributed by atoms with E-state index in [0.29, 0.717) is 30.8 Å². The Labute approximate surface area is 183 Å². The topological polar surface area (TPSA) is 49.4 Å². The maximum atomic E-state index is 13.8. The highest BCUT2D eigenvalue weighted by atomic mass is 32.2. The molecule has 0 heterocycles. The van der Waals surface area contributed by atoms with Crippen molar-refractivity contribution in [3.63, 3.8) is 0 Å². The molecule has 6 heteroatoms. The van der Waals surface area contributed by atoms with Gasteiger partial charge >= 0.3 is 0 Å². The van der Waals surface area contributed by atoms with Crippen molar-refractivity contribution in [1.29, 1.82) is 0 Å². The summed E-state index contributed by atoms with van der Waals surface area (Å²) in [7, 11) is 0. The molecule has 4 nitrogen and oxygen atoms in total. The average molecular weight is 431 g/mol. The van der Waals surface area contributed by atoms with E-state index in [1.54, 1.807) is 23.1 Å². The van der Waals surface area contributed by atoms with Crippen molar-refractivity contribution in [3.05, 3.63) is 71.0 Å². The lowest BCUT2D eigenvalue weighted by molar-refractivity contribution is -0.139. The average Bonchev–Trinajstić information content (AvgIpc) is 2.74. The summed E-state index contributed by atoms with van der Waals surface area (Å²) in [5, 5.41) is 2.92. The zero-order valence-electron chi connectivity index (χ0n) is 18.0. The molecule has 1 N–H and O–H groups in total. The summed E-state index contributed by atoms with van der Waals surface area (Å²) in [6.45, 7) is 6.88. The minimum atomic E-state index is -0.530. The molecule has 0 aliphatic carbocycles. The van der Waals surface area contributed by atoms with Crippen LogP contribution in [0, 0.1) is 12.7 Å². The van der Waals surface area contributed by atoms with Crippen LogP contribution in [-0.4, -0.2) is 35.1 Å². The van der Waals surface area contributed by atoms with Gasteiger partial charge in [0.15, 0.2) is 0 Å². The molecule has 2 amide bonds. The molecule has 2 aromatic rings. The van der Waals surface area contributed by atoms with E-state index < -0.39 is 6.04 Å². The molecule has 2 rings (SSSR count). The first kappa shape index (κ1) is 23.9. The molecule has 0 saturated carbocycles. The third-order valence-electron chi connectivity index (χ3n) is 4.98. The van der Waals surface area contributed by atoms with Gasteiger partial charge < -0.3 is 10.2 Å². The highest BCUT2D eigenvalue weighted by Crippen LogP contribution is 2.19. The number of nitrogens with zero attached hydrogens (tertiary/aromatic N) is 1. The molecule has 0 spiro atoms. The second-order valence-corrected chi connectivity index (χ2v) is 8.23. The van der Waals surface area contributed by atoms with Gasteiger partial charge in [-0.05, 0) is 42.5 Å². The SMILES string of the molecule is CCCNC(=O)[C@H](CC)N(Cc1ccccc1C)C(=O)CSCc1ccccc1F. The van der Waals surface area contributed by atoms with Crippen LogP contribution in [0.3, 0.4) is 0 Å². The van der Waals surface area contributed by atoms with Crippen molar-refractivity contribution in [2.24, 2.45) is 0 Å². The molecule has 30 heavy (non-hydrogen) atoms. The van der Waals surface area contributed by atoms with E-state index in [-0.39, 0.29) is 23.4 Å². The van der Waals surface area contributed by atoms with Crippen LogP contribution in [0.4, 0.5) is 4.39 Å². The normalized spacial score (nSPS) is 11.7. The maximum absolute atomic E-state index is 13.8. The predicted molar refractivity (Wildman–Crippen MR) is 122 cm³/mol. The monoisotopic (exact) mass is 430 g/mol. The van der Waals surface area contributed by atoms with E-state index >= 15 is 0 Å². The van der Waals surface area contributed by atoms with Crippen molar-refractivity contribution in [1.82, 2.24) is 10.2 Å². The van der Waals surface area contributed by atoms with Gasteiger partial charge in [0.25, 0.3) is 0 Å². The summed E-state index contributed by atoms with van der Waals surface area (Å²) in [6, 6.07) is 13.9. The van der Waals surface area contributed by atoms with Gasteiger partial charge in [0.2, 0.25) is 11.8 Å². The van der Waals surface area contributed by atoms with Crippen molar-refractivity contribution >= 4 is 23.6 Å². The van der Waals surface area contributed by atoms with Crippen LogP contribution in [0.1, 0.15) is 43.4 Å². The molecule has 162 valence electrons. The van der Waals surface area contributed by atoms with Crippen LogP contribution in [0.5, 0.6) is 0 Å². The van der Waals surface area contributed by atoms with Crippen LogP contribution < -0.4 is 5.32 Å². The summed E-state index contributed by atoms with van der Waals surface area (Å²) in [5.41, 5.74) is 2.68. The second-order valence-electron chi connectivity index (χ2n) is 7.25. The number of benzene rings is 2. The first-order valence-corrected chi connectivity index (χ1v) is 11.6. The van der Waals surface area contributed by atoms with Gasteiger partial charge in [0.05, 0.1) is 5.75 Å². The van der Waals surface area contributed by atoms with Crippen molar-refractivity contribution < 1.29 is 14.0 Å². The van der Waals surface area contributed by atoms with Gasteiger partial charge in [0, 0.05) is 18.8 Å². The number of amides is 2. The van der Waals surface area contributed by atoms with Crippen molar-refractivity contribution in [2.75, 3.05) is 12.3 Å². The zero-order chi connectivity index (χ0) is 21.9. The molecule has 0 unspecified atom stereocenters. The van der Waals surface area contributed by atoms with Gasteiger partial charge in [-0.2, -0.15) is 0 Å². The number of halogens is 1. The van der Waals surface area contributed by atoms with Crippen LogP contribution >= 0.6 is 11.8 Å². The molecule has 2 aromatic carbocycles. The minimum absolute atomic E-state index is 0.113. The molecule has 0 aliphatic heterocycles. The molecular weight excluding hydrogens is 399 g/mol. The summed E-state index contributed by atoms with van der Waals surface area (Å²) < 4.78 is 13.8. The van der Waals surface area contributed by atoms with Gasteiger partial charge in [-0.25, -0.2) is 4.39 Å². The fraction of sp³-hybridized carbons (Fsp3) is 0.417. The number of hydrogen-bond donors (Lipinski definition) is 1. The van der Waals surface area contributed by atoms with Crippen LogP contribution in [0.25, 0.3) is 0 Å². The summed E-state index contributed by atoms with van der Waals surface area (Å²) >= 11 is 1.37. The number of hydrogen-bond acceptors (Lipinski definition) is 3. The molecular formula is C24H31FN2O2S. The maximum Gasteiger partial charge on any atom is 0.242 e. The molecule has 0 radical (unpaired) electrons. The van der Waals surface area contributed by atoms with Crippen LogP contribution in [0.2, 0.25) is 0 Å². The Morgan fingerprint density at radius 2 is 1.73 bits per heavy atom. The molecule has 0 aliphatic rings. The Bertz CT molecular complexity index is 843. The van der Waals surface area contributed by atoms with E-state index in [1.807, 2.05) is 45.0 Å². The summed E-state index contributed by atoms with van der Waals surface area (Å²) in [6.07, 6.45) is 1.37. The van der Waals surface area contributed by atoms with E-state index in [1.165, 1.54) is 17.8 Å². The van der Waals surface area contributed by atoms with Crippen LogP contribution in [-0.2, 0) is 21.9 Å². The van der Waals surface area contributed by atoms with Gasteiger partial charge in [0.1, 0.15) is 11.9 Å². The quantitative estimate of drug-likeness (QED) is 0.562. The molecule has 0 saturated heterocycles. The third-order valence-corrected chi connectivity index (χ3v) is 5.94. The minimum Gasteiger partial charge on any atom is -0.354 e. The highest BCUT2D eigenvalue weighted by Gasteiger charge is 2.28. The summed E-state index contributed by atoms with van der Waals surface area (Å²) in [5.74, 6) is 0.103. The van der Waals surface area contributed by atoms with Crippen molar-refractivity contribution in [3.8, 4) is 0 Å². The smallest absolute Gasteiger partial charge is 0.242 e. The van der Waals surface area contributed by atoms with Gasteiger partial charge in [-0.15, -0.1) is 11.8 Å². The van der Waals surface area contributed by atoms with Gasteiger partial charge in [-0.1, -0.05) is 56.3 Å². The number of carbonyl (C=O) groups is 2. The highest BCUT2D eigenvalue weighted by molar-refractivity contribution is 7.99. The molecule has 0 aromatic heterocycles. The fourth-order valence-corrected chi connectivity index (χ4v) is 4.10. The first-order chi connectivity index (χ1) is 14.5. The number of thioether (sulfide) groups is 1. The van der Waals surface area contributed by atoms with E-state index in [9.17, 15) is 14.0 Å². The van der Waals surface area contributed by atoms with Crippen molar-refractivity contribution in [2.45, 2.75) is 52.0 Å². The number of rotatable bonds is 11. The van der Waals surface area contributed by atoms with Gasteiger partial charge in [-0.3, -0.25) is 9.59 Å². The third kappa shape index (κ3) is 6.87. The van der Waals surface area contributed by atoms with E-state index in [0.717, 1.165) is 17.5 Å². The number of carbonyl (C=O) groups excluding carboxylic acids is 2. The molecule has 0 bridgehead atoms. The Kier molecular flexibility index (Phi) is 9.87. The number of aryl methyl sites for hydroxylation is 1. The molecule has 0 fully saturated rings. The Hall–Kier alpha value is -2.34.